The van der Waals surface area contributed by atoms with Crippen LogP contribution in [0.5, 0.6) is 0 Å². The van der Waals surface area contributed by atoms with Crippen LogP contribution in [0.4, 0.5) is 4.39 Å². The largest absolute Gasteiger partial charge is 0.465 e. The molecule has 2 aromatic rings. The number of halogens is 1. The number of carbonyl (C=O) groups excluding carboxylic acids is 1. The fourth-order valence-corrected chi connectivity index (χ4v) is 1.63. The van der Waals surface area contributed by atoms with Crippen molar-refractivity contribution in [2.75, 3.05) is 6.54 Å². The van der Waals surface area contributed by atoms with Crippen LogP contribution in [0, 0.1) is 5.82 Å². The molecule has 2 rings (SSSR count). The van der Waals surface area contributed by atoms with Crippen molar-refractivity contribution in [1.29, 1.82) is 0 Å². The Morgan fingerprint density at radius 1 is 1.32 bits per heavy atom. The number of nitrogens with one attached hydrogen (secondary N) is 1. The highest BCUT2D eigenvalue weighted by atomic mass is 19.1. The van der Waals surface area contributed by atoms with E-state index in [0.717, 1.165) is 5.56 Å². The van der Waals surface area contributed by atoms with E-state index in [0.29, 0.717) is 18.7 Å². The van der Waals surface area contributed by atoms with Crippen LogP contribution in [0.2, 0.25) is 0 Å². The zero-order valence-electron chi connectivity index (χ0n) is 10.3. The van der Waals surface area contributed by atoms with E-state index in [9.17, 15) is 9.18 Å². The first-order chi connectivity index (χ1) is 9.24. The van der Waals surface area contributed by atoms with Gasteiger partial charge in [0.1, 0.15) is 11.6 Å². The summed E-state index contributed by atoms with van der Waals surface area (Å²) in [5.41, 5.74) is 0.857. The zero-order chi connectivity index (χ0) is 13.5. The van der Waals surface area contributed by atoms with Crippen molar-refractivity contribution in [3.05, 3.63) is 65.9 Å². The van der Waals surface area contributed by atoms with Gasteiger partial charge in [0, 0.05) is 12.6 Å². The summed E-state index contributed by atoms with van der Waals surface area (Å²) in [6.45, 7) is 0.463. The molecule has 0 aliphatic carbocycles. The summed E-state index contributed by atoms with van der Waals surface area (Å²) in [5, 5.41) is 2.72. The third-order valence-electron chi connectivity index (χ3n) is 2.54. The van der Waals surface area contributed by atoms with Crippen LogP contribution < -0.4 is 5.32 Å². The zero-order valence-corrected chi connectivity index (χ0v) is 10.3. The lowest BCUT2D eigenvalue weighted by molar-refractivity contribution is -0.116. The number of hydrogen-bond donors (Lipinski definition) is 1. The van der Waals surface area contributed by atoms with Crippen molar-refractivity contribution in [3.8, 4) is 0 Å². The average Bonchev–Trinajstić information content (AvgIpc) is 2.89. The number of hydrogen-bond acceptors (Lipinski definition) is 2. The van der Waals surface area contributed by atoms with Gasteiger partial charge in [0.25, 0.3) is 0 Å². The lowest BCUT2D eigenvalue weighted by atomic mass is 10.1. The molecular formula is C15H14FNO2. The fourth-order valence-electron chi connectivity index (χ4n) is 1.63. The van der Waals surface area contributed by atoms with E-state index >= 15 is 0 Å². The van der Waals surface area contributed by atoms with Gasteiger partial charge < -0.3 is 9.73 Å². The molecule has 1 aromatic carbocycles. The molecule has 98 valence electrons. The Morgan fingerprint density at radius 2 is 2.21 bits per heavy atom. The molecular weight excluding hydrogens is 245 g/mol. The Morgan fingerprint density at radius 3 is 2.95 bits per heavy atom. The lowest BCUT2D eigenvalue weighted by Gasteiger charge is -2.02. The standard InChI is InChI=1S/C15H14FNO2/c16-13-4-1-3-12(11-13)8-9-17-15(18)7-6-14-5-2-10-19-14/h1-7,10-11H,8-9H2,(H,17,18). The second-order valence-electron chi connectivity index (χ2n) is 4.02. The van der Waals surface area contributed by atoms with Crippen LogP contribution in [0.25, 0.3) is 6.08 Å². The average molecular weight is 259 g/mol. The molecule has 0 atom stereocenters. The minimum Gasteiger partial charge on any atom is -0.465 e. The SMILES string of the molecule is O=C(C=Cc1ccco1)NCCc1cccc(F)c1. The van der Waals surface area contributed by atoms with Crippen molar-refractivity contribution >= 4 is 12.0 Å². The highest BCUT2D eigenvalue weighted by Crippen LogP contribution is 2.04. The molecule has 0 aliphatic heterocycles. The third-order valence-corrected chi connectivity index (χ3v) is 2.54. The van der Waals surface area contributed by atoms with Gasteiger partial charge in [0.2, 0.25) is 5.91 Å². The van der Waals surface area contributed by atoms with Crippen LogP contribution in [-0.4, -0.2) is 12.5 Å². The van der Waals surface area contributed by atoms with E-state index in [2.05, 4.69) is 5.32 Å². The molecule has 1 heterocycles. The number of carbonyl (C=O) groups is 1. The molecule has 19 heavy (non-hydrogen) atoms. The molecule has 0 bridgehead atoms. The highest BCUT2D eigenvalue weighted by Gasteiger charge is 1.98. The predicted molar refractivity (Wildman–Crippen MR) is 70.9 cm³/mol. The monoisotopic (exact) mass is 259 g/mol. The number of furan rings is 1. The predicted octanol–water partition coefficient (Wildman–Crippen LogP) is 2.79. The molecule has 0 saturated carbocycles. The molecule has 1 amide bonds. The Bertz CT molecular complexity index is 561. The number of amides is 1. The highest BCUT2D eigenvalue weighted by molar-refractivity contribution is 5.91. The minimum absolute atomic E-state index is 0.201. The first-order valence-corrected chi connectivity index (χ1v) is 5.98. The van der Waals surface area contributed by atoms with Gasteiger partial charge in [0.15, 0.2) is 0 Å². The molecule has 0 saturated heterocycles. The van der Waals surface area contributed by atoms with Gasteiger partial charge in [-0.2, -0.15) is 0 Å². The van der Waals surface area contributed by atoms with E-state index < -0.39 is 0 Å². The number of rotatable bonds is 5. The second-order valence-corrected chi connectivity index (χ2v) is 4.02. The molecule has 0 spiro atoms. The van der Waals surface area contributed by atoms with Gasteiger partial charge in [0.05, 0.1) is 6.26 Å². The summed E-state index contributed by atoms with van der Waals surface area (Å²) < 4.78 is 18.0. The minimum atomic E-state index is -0.262. The van der Waals surface area contributed by atoms with Gasteiger partial charge >= 0.3 is 0 Å². The normalized spacial score (nSPS) is 10.8. The van der Waals surface area contributed by atoms with Crippen LogP contribution >= 0.6 is 0 Å². The van der Waals surface area contributed by atoms with Crippen molar-refractivity contribution in [3.63, 3.8) is 0 Å². The summed E-state index contributed by atoms with van der Waals surface area (Å²) in [6, 6.07) is 9.86. The summed E-state index contributed by atoms with van der Waals surface area (Å²) in [6.07, 6.45) is 5.14. The number of benzene rings is 1. The van der Waals surface area contributed by atoms with Gasteiger partial charge in [-0.1, -0.05) is 12.1 Å². The van der Waals surface area contributed by atoms with Gasteiger partial charge in [-0.25, -0.2) is 4.39 Å². The summed E-state index contributed by atoms with van der Waals surface area (Å²) in [5.74, 6) is 0.162. The third kappa shape index (κ3) is 4.43. The van der Waals surface area contributed by atoms with Crippen molar-refractivity contribution in [1.82, 2.24) is 5.32 Å². The van der Waals surface area contributed by atoms with E-state index in [1.807, 2.05) is 6.07 Å². The van der Waals surface area contributed by atoms with Gasteiger partial charge in [-0.05, 0) is 42.3 Å². The van der Waals surface area contributed by atoms with Crippen LogP contribution in [0.1, 0.15) is 11.3 Å². The topological polar surface area (TPSA) is 42.2 Å². The van der Waals surface area contributed by atoms with E-state index in [1.165, 1.54) is 18.2 Å². The lowest BCUT2D eigenvalue weighted by Crippen LogP contribution is -2.23. The summed E-state index contributed by atoms with van der Waals surface area (Å²) in [7, 11) is 0. The second kappa shape index (κ2) is 6.54. The van der Waals surface area contributed by atoms with Gasteiger partial charge in [-0.3, -0.25) is 4.79 Å². The van der Waals surface area contributed by atoms with Crippen LogP contribution in [0.3, 0.4) is 0 Å². The first-order valence-electron chi connectivity index (χ1n) is 5.98. The molecule has 0 aliphatic rings. The van der Waals surface area contributed by atoms with Crippen LogP contribution in [-0.2, 0) is 11.2 Å². The summed E-state index contributed by atoms with van der Waals surface area (Å²) in [4.78, 5) is 11.5. The van der Waals surface area contributed by atoms with Crippen molar-refractivity contribution in [2.24, 2.45) is 0 Å². The maximum atomic E-state index is 12.9. The Balaban J connectivity index is 1.75. The van der Waals surface area contributed by atoms with Crippen molar-refractivity contribution in [2.45, 2.75) is 6.42 Å². The maximum Gasteiger partial charge on any atom is 0.244 e. The van der Waals surface area contributed by atoms with E-state index in [4.69, 9.17) is 4.42 Å². The van der Waals surface area contributed by atoms with Gasteiger partial charge in [-0.15, -0.1) is 0 Å². The molecule has 3 nitrogen and oxygen atoms in total. The quantitative estimate of drug-likeness (QED) is 0.839. The molecule has 1 N–H and O–H groups in total. The van der Waals surface area contributed by atoms with Crippen LogP contribution in [0.15, 0.2) is 53.2 Å². The smallest absolute Gasteiger partial charge is 0.244 e. The molecule has 0 radical (unpaired) electrons. The first kappa shape index (κ1) is 13.1. The van der Waals surface area contributed by atoms with E-state index in [-0.39, 0.29) is 11.7 Å². The molecule has 4 heteroatoms. The molecule has 0 fully saturated rings. The molecule has 1 aromatic heterocycles. The maximum absolute atomic E-state index is 12.9. The van der Waals surface area contributed by atoms with E-state index in [1.54, 1.807) is 30.5 Å². The molecule has 0 unspecified atom stereocenters. The Labute approximate surface area is 110 Å². The Kier molecular flexibility index (Phi) is 4.50. The fraction of sp³-hybridized carbons (Fsp3) is 0.133. The Hall–Kier alpha value is -2.36. The summed E-state index contributed by atoms with van der Waals surface area (Å²) >= 11 is 0. The van der Waals surface area contributed by atoms with Crippen molar-refractivity contribution < 1.29 is 13.6 Å².